The van der Waals surface area contributed by atoms with Crippen LogP contribution < -0.4 is 5.32 Å². The second kappa shape index (κ2) is 8.87. The summed E-state index contributed by atoms with van der Waals surface area (Å²) in [7, 11) is 1.63. The van der Waals surface area contributed by atoms with Gasteiger partial charge in [-0.2, -0.15) is 0 Å². The van der Waals surface area contributed by atoms with E-state index in [9.17, 15) is 9.59 Å². The van der Waals surface area contributed by atoms with Gasteiger partial charge in [-0.25, -0.2) is 0 Å². The molecule has 0 aromatic heterocycles. The average Bonchev–Trinajstić information content (AvgIpc) is 2.39. The molecule has 0 bridgehead atoms. The summed E-state index contributed by atoms with van der Waals surface area (Å²) in [5.74, 6) is -0.0447. The first kappa shape index (κ1) is 15.9. The van der Waals surface area contributed by atoms with E-state index in [1.165, 1.54) is 0 Å². The number of carbonyl (C=O) groups is 2. The molecule has 1 heterocycles. The fraction of sp³-hybridized carbons (Fsp3) is 0.846. The molecule has 1 fully saturated rings. The summed E-state index contributed by atoms with van der Waals surface area (Å²) in [6.07, 6.45) is 2.32. The molecule has 2 amide bonds. The van der Waals surface area contributed by atoms with Crippen molar-refractivity contribution in [2.75, 3.05) is 40.0 Å². The summed E-state index contributed by atoms with van der Waals surface area (Å²) < 4.78 is 10.2. The lowest BCUT2D eigenvalue weighted by atomic mass is 10.1. The number of nitrogens with zero attached hydrogens (tertiary/aromatic N) is 1. The molecule has 1 unspecified atom stereocenters. The number of rotatable bonds is 9. The molecule has 6 heteroatoms. The van der Waals surface area contributed by atoms with Crippen LogP contribution in [0.2, 0.25) is 0 Å². The Balaban J connectivity index is 2.27. The maximum atomic E-state index is 12.1. The topological polar surface area (TPSA) is 67.9 Å². The number of carbonyl (C=O) groups excluding carboxylic acids is 2. The van der Waals surface area contributed by atoms with Crippen LogP contribution in [0.25, 0.3) is 0 Å². The van der Waals surface area contributed by atoms with E-state index in [4.69, 9.17) is 9.47 Å². The number of methoxy groups -OCH3 is 1. The van der Waals surface area contributed by atoms with Crippen LogP contribution in [-0.2, 0) is 19.1 Å². The van der Waals surface area contributed by atoms with Gasteiger partial charge in [0, 0.05) is 20.3 Å². The van der Waals surface area contributed by atoms with Crippen LogP contribution >= 0.6 is 0 Å². The maximum Gasteiger partial charge on any atom is 0.245 e. The van der Waals surface area contributed by atoms with E-state index in [1.807, 2.05) is 6.92 Å². The minimum atomic E-state index is -0.347. The van der Waals surface area contributed by atoms with Crippen molar-refractivity contribution in [2.45, 2.75) is 32.2 Å². The van der Waals surface area contributed by atoms with Crippen molar-refractivity contribution in [1.29, 1.82) is 0 Å². The summed E-state index contributed by atoms with van der Waals surface area (Å²) in [5, 5.41) is 2.74. The molecule has 1 N–H and O–H groups in total. The Kier molecular flexibility index (Phi) is 7.43. The van der Waals surface area contributed by atoms with E-state index in [-0.39, 0.29) is 24.4 Å². The molecule has 0 aromatic carbocycles. The Morgan fingerprint density at radius 1 is 1.32 bits per heavy atom. The van der Waals surface area contributed by atoms with Gasteiger partial charge in [0.2, 0.25) is 11.8 Å². The molecule has 6 nitrogen and oxygen atoms in total. The van der Waals surface area contributed by atoms with Crippen LogP contribution in [0, 0.1) is 0 Å². The van der Waals surface area contributed by atoms with E-state index in [0.717, 1.165) is 12.8 Å². The molecule has 1 aliphatic heterocycles. The highest BCUT2D eigenvalue weighted by molar-refractivity contribution is 5.94. The highest BCUT2D eigenvalue weighted by Crippen LogP contribution is 2.08. The maximum absolute atomic E-state index is 12.1. The van der Waals surface area contributed by atoms with Crippen molar-refractivity contribution in [3.05, 3.63) is 0 Å². The number of hydrogen-bond donors (Lipinski definition) is 1. The quantitative estimate of drug-likeness (QED) is 0.607. The van der Waals surface area contributed by atoms with Crippen LogP contribution in [0.4, 0.5) is 0 Å². The first-order valence-corrected chi connectivity index (χ1v) is 6.83. The SMILES string of the molecule is CCCC1NC(=O)CN(CCCOCCOC)C1=O. The molecule has 19 heavy (non-hydrogen) atoms. The van der Waals surface area contributed by atoms with Gasteiger partial charge in [0.05, 0.1) is 19.8 Å². The predicted molar refractivity (Wildman–Crippen MR) is 70.7 cm³/mol. The van der Waals surface area contributed by atoms with Gasteiger partial charge in [-0.15, -0.1) is 0 Å². The molecule has 1 rings (SSSR count). The second-order valence-corrected chi connectivity index (χ2v) is 4.63. The molecular formula is C13H24N2O4. The Morgan fingerprint density at radius 2 is 2.11 bits per heavy atom. The number of piperazine rings is 1. The van der Waals surface area contributed by atoms with Gasteiger partial charge in [-0.1, -0.05) is 13.3 Å². The normalized spacial score (nSPS) is 19.7. The molecule has 0 spiro atoms. The molecule has 0 radical (unpaired) electrons. The summed E-state index contributed by atoms with van der Waals surface area (Å²) in [6.45, 7) is 4.44. The molecule has 0 aromatic rings. The third kappa shape index (κ3) is 5.57. The Labute approximate surface area is 114 Å². The van der Waals surface area contributed by atoms with Crippen molar-refractivity contribution in [2.24, 2.45) is 0 Å². The average molecular weight is 272 g/mol. The summed E-state index contributed by atoms with van der Waals surface area (Å²) in [4.78, 5) is 25.2. The van der Waals surface area contributed by atoms with Crippen LogP contribution in [-0.4, -0.2) is 62.8 Å². The Morgan fingerprint density at radius 3 is 2.79 bits per heavy atom. The number of ether oxygens (including phenoxy) is 2. The zero-order valence-corrected chi connectivity index (χ0v) is 11.8. The molecule has 0 saturated carbocycles. The lowest BCUT2D eigenvalue weighted by molar-refractivity contribution is -0.144. The summed E-state index contributed by atoms with van der Waals surface area (Å²) in [6, 6.07) is -0.347. The lowest BCUT2D eigenvalue weighted by Gasteiger charge is -2.32. The van der Waals surface area contributed by atoms with Crippen LogP contribution in [0.1, 0.15) is 26.2 Å². The van der Waals surface area contributed by atoms with Gasteiger partial charge in [-0.3, -0.25) is 9.59 Å². The van der Waals surface area contributed by atoms with E-state index in [1.54, 1.807) is 12.0 Å². The van der Waals surface area contributed by atoms with Crippen LogP contribution in [0.5, 0.6) is 0 Å². The number of amides is 2. The third-order valence-electron chi connectivity index (χ3n) is 3.01. The van der Waals surface area contributed by atoms with Gasteiger partial charge in [0.15, 0.2) is 0 Å². The second-order valence-electron chi connectivity index (χ2n) is 4.63. The predicted octanol–water partition coefficient (Wildman–Crippen LogP) is 0.167. The van der Waals surface area contributed by atoms with E-state index in [2.05, 4.69) is 5.32 Å². The molecule has 1 atom stereocenters. The Hall–Kier alpha value is -1.14. The van der Waals surface area contributed by atoms with E-state index < -0.39 is 0 Å². The van der Waals surface area contributed by atoms with Crippen molar-refractivity contribution in [3.8, 4) is 0 Å². The molecule has 1 aliphatic rings. The number of hydrogen-bond acceptors (Lipinski definition) is 4. The van der Waals surface area contributed by atoms with Crippen molar-refractivity contribution in [3.63, 3.8) is 0 Å². The van der Waals surface area contributed by atoms with Crippen molar-refractivity contribution < 1.29 is 19.1 Å². The smallest absolute Gasteiger partial charge is 0.245 e. The minimum Gasteiger partial charge on any atom is -0.382 e. The largest absolute Gasteiger partial charge is 0.382 e. The highest BCUT2D eigenvalue weighted by Gasteiger charge is 2.31. The standard InChI is InChI=1S/C13H24N2O4/c1-3-5-11-13(17)15(10-12(16)14-11)6-4-7-19-9-8-18-2/h11H,3-10H2,1-2H3,(H,14,16). The first-order chi connectivity index (χ1) is 9.19. The minimum absolute atomic E-state index is 0.0262. The fourth-order valence-corrected chi connectivity index (χ4v) is 2.05. The monoisotopic (exact) mass is 272 g/mol. The van der Waals surface area contributed by atoms with E-state index >= 15 is 0 Å². The zero-order valence-electron chi connectivity index (χ0n) is 11.8. The first-order valence-electron chi connectivity index (χ1n) is 6.83. The van der Waals surface area contributed by atoms with Gasteiger partial charge < -0.3 is 19.7 Å². The zero-order chi connectivity index (χ0) is 14.1. The molecule has 0 aliphatic carbocycles. The van der Waals surface area contributed by atoms with Gasteiger partial charge in [-0.05, 0) is 12.8 Å². The summed E-state index contributed by atoms with van der Waals surface area (Å²) in [5.41, 5.74) is 0. The van der Waals surface area contributed by atoms with Crippen LogP contribution in [0.3, 0.4) is 0 Å². The third-order valence-corrected chi connectivity index (χ3v) is 3.01. The molecular weight excluding hydrogens is 248 g/mol. The van der Waals surface area contributed by atoms with Crippen molar-refractivity contribution in [1.82, 2.24) is 10.2 Å². The fourth-order valence-electron chi connectivity index (χ4n) is 2.05. The van der Waals surface area contributed by atoms with Gasteiger partial charge in [0.1, 0.15) is 6.04 Å². The summed E-state index contributed by atoms with van der Waals surface area (Å²) >= 11 is 0. The Bertz CT molecular complexity index is 296. The lowest BCUT2D eigenvalue weighted by Crippen LogP contribution is -2.58. The van der Waals surface area contributed by atoms with Gasteiger partial charge in [0.25, 0.3) is 0 Å². The highest BCUT2D eigenvalue weighted by atomic mass is 16.5. The van der Waals surface area contributed by atoms with E-state index in [0.29, 0.717) is 32.8 Å². The number of nitrogens with one attached hydrogen (secondary N) is 1. The van der Waals surface area contributed by atoms with Crippen LogP contribution in [0.15, 0.2) is 0 Å². The van der Waals surface area contributed by atoms with Crippen molar-refractivity contribution >= 4 is 11.8 Å². The van der Waals surface area contributed by atoms with Gasteiger partial charge >= 0.3 is 0 Å². The molecule has 1 saturated heterocycles. The molecule has 110 valence electrons.